The first-order chi connectivity index (χ1) is 9.65. The van der Waals surface area contributed by atoms with Crippen LogP contribution in [-0.4, -0.2) is 22.6 Å². The molecular formula is C15H15ClN2O2. The summed E-state index contributed by atoms with van der Waals surface area (Å²) in [4.78, 5) is 17.0. The molecule has 1 N–H and O–H groups in total. The lowest BCUT2D eigenvalue weighted by atomic mass is 10.2. The second kappa shape index (κ2) is 6.91. The van der Waals surface area contributed by atoms with Crippen molar-refractivity contribution in [2.75, 3.05) is 11.4 Å². The van der Waals surface area contributed by atoms with E-state index in [1.807, 2.05) is 35.2 Å². The van der Waals surface area contributed by atoms with Crippen molar-refractivity contribution in [1.29, 1.82) is 0 Å². The molecule has 1 aromatic carbocycles. The number of halogens is 1. The fourth-order valence-electron chi connectivity index (χ4n) is 1.86. The zero-order valence-corrected chi connectivity index (χ0v) is 11.6. The summed E-state index contributed by atoms with van der Waals surface area (Å²) in [5, 5.41) is 9.41. The van der Waals surface area contributed by atoms with Crippen molar-refractivity contribution in [3.63, 3.8) is 0 Å². The Morgan fingerprint density at radius 1 is 1.20 bits per heavy atom. The lowest BCUT2D eigenvalue weighted by Crippen LogP contribution is -2.26. The molecule has 0 radical (unpaired) electrons. The fourth-order valence-corrected chi connectivity index (χ4v) is 1.98. The van der Waals surface area contributed by atoms with Crippen LogP contribution < -0.4 is 4.90 Å². The van der Waals surface area contributed by atoms with Crippen LogP contribution in [0.1, 0.15) is 12.0 Å². The van der Waals surface area contributed by atoms with E-state index in [1.165, 1.54) is 0 Å². The number of benzene rings is 1. The van der Waals surface area contributed by atoms with Crippen LogP contribution >= 0.6 is 11.6 Å². The first-order valence-corrected chi connectivity index (χ1v) is 6.65. The molecule has 0 fully saturated rings. The van der Waals surface area contributed by atoms with E-state index in [1.54, 1.807) is 18.3 Å². The van der Waals surface area contributed by atoms with E-state index in [-0.39, 0.29) is 6.42 Å². The van der Waals surface area contributed by atoms with Crippen molar-refractivity contribution in [1.82, 2.24) is 4.98 Å². The number of nitrogens with zero attached hydrogens (tertiary/aromatic N) is 2. The third-order valence-corrected chi connectivity index (χ3v) is 3.07. The van der Waals surface area contributed by atoms with Crippen LogP contribution in [0.4, 0.5) is 5.82 Å². The van der Waals surface area contributed by atoms with Gasteiger partial charge >= 0.3 is 5.97 Å². The Morgan fingerprint density at radius 3 is 2.55 bits per heavy atom. The number of carboxylic acids is 1. The van der Waals surface area contributed by atoms with Crippen LogP contribution in [0.15, 0.2) is 48.7 Å². The van der Waals surface area contributed by atoms with Crippen molar-refractivity contribution in [2.24, 2.45) is 0 Å². The summed E-state index contributed by atoms with van der Waals surface area (Å²) < 4.78 is 0. The van der Waals surface area contributed by atoms with Gasteiger partial charge in [-0.15, -0.1) is 0 Å². The summed E-state index contributed by atoms with van der Waals surface area (Å²) in [6, 6.07) is 13.4. The summed E-state index contributed by atoms with van der Waals surface area (Å²) in [7, 11) is 0. The van der Waals surface area contributed by atoms with Crippen molar-refractivity contribution in [2.45, 2.75) is 13.0 Å². The Kier molecular flexibility index (Phi) is 4.96. The van der Waals surface area contributed by atoms with E-state index in [0.29, 0.717) is 18.1 Å². The second-order valence-electron chi connectivity index (χ2n) is 4.39. The van der Waals surface area contributed by atoms with Crippen LogP contribution in [0.25, 0.3) is 0 Å². The third kappa shape index (κ3) is 4.24. The number of anilines is 1. The lowest BCUT2D eigenvalue weighted by Gasteiger charge is -2.23. The van der Waals surface area contributed by atoms with Gasteiger partial charge in [-0.2, -0.15) is 0 Å². The van der Waals surface area contributed by atoms with Crippen molar-refractivity contribution in [3.05, 3.63) is 59.2 Å². The van der Waals surface area contributed by atoms with Gasteiger partial charge in [-0.05, 0) is 17.7 Å². The smallest absolute Gasteiger partial charge is 0.305 e. The molecule has 4 nitrogen and oxygen atoms in total. The Hall–Kier alpha value is -2.07. The molecule has 0 unspecified atom stereocenters. The quantitative estimate of drug-likeness (QED) is 0.887. The van der Waals surface area contributed by atoms with E-state index < -0.39 is 5.97 Å². The van der Waals surface area contributed by atoms with Gasteiger partial charge in [-0.25, -0.2) is 4.98 Å². The Labute approximate surface area is 122 Å². The van der Waals surface area contributed by atoms with E-state index >= 15 is 0 Å². The van der Waals surface area contributed by atoms with Crippen molar-refractivity contribution >= 4 is 23.4 Å². The number of aliphatic carboxylic acids is 1. The highest BCUT2D eigenvalue weighted by Gasteiger charge is 2.10. The number of carbonyl (C=O) groups is 1. The molecule has 0 saturated heterocycles. The molecule has 0 saturated carbocycles. The largest absolute Gasteiger partial charge is 0.481 e. The first kappa shape index (κ1) is 14.3. The Morgan fingerprint density at radius 2 is 1.95 bits per heavy atom. The molecule has 2 rings (SSSR count). The van der Waals surface area contributed by atoms with Crippen LogP contribution in [0.2, 0.25) is 5.02 Å². The van der Waals surface area contributed by atoms with Crippen LogP contribution in [0, 0.1) is 0 Å². The van der Waals surface area contributed by atoms with E-state index in [4.69, 9.17) is 16.7 Å². The zero-order chi connectivity index (χ0) is 14.4. The van der Waals surface area contributed by atoms with Crippen molar-refractivity contribution < 1.29 is 9.90 Å². The lowest BCUT2D eigenvalue weighted by molar-refractivity contribution is -0.136. The van der Waals surface area contributed by atoms with Gasteiger partial charge in [0, 0.05) is 19.3 Å². The van der Waals surface area contributed by atoms with E-state index in [0.717, 1.165) is 11.4 Å². The highest BCUT2D eigenvalue weighted by atomic mass is 35.5. The van der Waals surface area contributed by atoms with Crippen LogP contribution in [-0.2, 0) is 11.3 Å². The highest BCUT2D eigenvalue weighted by Crippen LogP contribution is 2.17. The average Bonchev–Trinajstić information content (AvgIpc) is 2.45. The number of aromatic nitrogens is 1. The minimum absolute atomic E-state index is 0.0666. The Bertz CT molecular complexity index is 558. The first-order valence-electron chi connectivity index (χ1n) is 6.27. The molecule has 0 aliphatic carbocycles. The molecule has 0 aliphatic rings. The van der Waals surface area contributed by atoms with Crippen LogP contribution in [0.3, 0.4) is 0 Å². The predicted octanol–water partition coefficient (Wildman–Crippen LogP) is 3.22. The molecule has 20 heavy (non-hydrogen) atoms. The maximum atomic E-state index is 10.8. The number of hydrogen-bond acceptors (Lipinski definition) is 3. The number of pyridine rings is 1. The topological polar surface area (TPSA) is 53.4 Å². The predicted molar refractivity (Wildman–Crippen MR) is 79.0 cm³/mol. The summed E-state index contributed by atoms with van der Waals surface area (Å²) in [6.45, 7) is 1.02. The summed E-state index contributed by atoms with van der Waals surface area (Å²) in [6.07, 6.45) is 1.63. The maximum Gasteiger partial charge on any atom is 0.305 e. The van der Waals surface area contributed by atoms with Gasteiger partial charge in [0.15, 0.2) is 0 Å². The van der Waals surface area contributed by atoms with Gasteiger partial charge in [-0.1, -0.05) is 41.9 Å². The van der Waals surface area contributed by atoms with Crippen LogP contribution in [0.5, 0.6) is 0 Å². The van der Waals surface area contributed by atoms with Gasteiger partial charge in [0.05, 0.1) is 11.4 Å². The molecule has 1 aromatic heterocycles. The molecule has 0 bridgehead atoms. The normalized spacial score (nSPS) is 10.2. The van der Waals surface area contributed by atoms with Crippen molar-refractivity contribution in [3.8, 4) is 0 Å². The monoisotopic (exact) mass is 290 g/mol. The fraction of sp³-hybridized carbons (Fsp3) is 0.200. The molecule has 0 aliphatic heterocycles. The molecular weight excluding hydrogens is 276 g/mol. The van der Waals surface area contributed by atoms with E-state index in [9.17, 15) is 4.79 Å². The maximum absolute atomic E-state index is 10.8. The molecule has 5 heteroatoms. The standard InChI is InChI=1S/C15H15ClN2O2/c16-13-6-7-14(17-10-13)18(9-8-15(19)20)11-12-4-2-1-3-5-12/h1-7,10H,8-9,11H2,(H,19,20). The van der Waals surface area contributed by atoms with Gasteiger partial charge in [-0.3, -0.25) is 4.79 Å². The minimum Gasteiger partial charge on any atom is -0.481 e. The third-order valence-electron chi connectivity index (χ3n) is 2.85. The number of hydrogen-bond donors (Lipinski definition) is 1. The SMILES string of the molecule is O=C(O)CCN(Cc1ccccc1)c1ccc(Cl)cn1. The zero-order valence-electron chi connectivity index (χ0n) is 10.9. The molecule has 0 atom stereocenters. The average molecular weight is 291 g/mol. The Balaban J connectivity index is 2.15. The van der Waals surface area contributed by atoms with Gasteiger partial charge in [0.1, 0.15) is 5.82 Å². The minimum atomic E-state index is -0.822. The van der Waals surface area contributed by atoms with Gasteiger partial charge in [0.25, 0.3) is 0 Å². The molecule has 1 heterocycles. The summed E-state index contributed by atoms with van der Waals surface area (Å²) in [5.74, 6) is -0.100. The second-order valence-corrected chi connectivity index (χ2v) is 4.82. The molecule has 104 valence electrons. The summed E-state index contributed by atoms with van der Waals surface area (Å²) >= 11 is 5.83. The van der Waals surface area contributed by atoms with Gasteiger partial charge in [0.2, 0.25) is 0 Å². The molecule has 0 amide bonds. The number of rotatable bonds is 6. The van der Waals surface area contributed by atoms with E-state index in [2.05, 4.69) is 4.98 Å². The highest BCUT2D eigenvalue weighted by molar-refractivity contribution is 6.30. The van der Waals surface area contributed by atoms with Gasteiger partial charge < -0.3 is 10.0 Å². The molecule has 0 spiro atoms. The summed E-state index contributed by atoms with van der Waals surface area (Å²) in [5.41, 5.74) is 1.11. The molecule has 2 aromatic rings. The number of carboxylic acid groups (broad SMARTS) is 1.